The van der Waals surface area contributed by atoms with Crippen LogP contribution in [-0.2, 0) is 14.8 Å². The number of sulfonamides is 1. The Labute approximate surface area is 173 Å². The van der Waals surface area contributed by atoms with E-state index in [-0.39, 0.29) is 43.6 Å². The normalized spacial score (nSPS) is 15.5. The number of hydrogen-bond acceptors (Lipinski definition) is 5. The van der Waals surface area contributed by atoms with Crippen molar-refractivity contribution in [1.82, 2.24) is 5.32 Å². The van der Waals surface area contributed by atoms with Crippen molar-refractivity contribution in [2.45, 2.75) is 18.9 Å². The Morgan fingerprint density at radius 2 is 1.90 bits per heavy atom. The van der Waals surface area contributed by atoms with E-state index in [0.717, 1.165) is 22.7 Å². The molecular formula is C20H22F2N2O5S. The van der Waals surface area contributed by atoms with Gasteiger partial charge >= 0.3 is 0 Å². The zero-order chi connectivity index (χ0) is 21.7. The van der Waals surface area contributed by atoms with E-state index in [9.17, 15) is 22.0 Å². The third kappa shape index (κ3) is 5.59. The smallest absolute Gasteiger partial charge is 0.232 e. The molecule has 3 rings (SSSR count). The topological polar surface area (TPSA) is 84.9 Å². The number of para-hydroxylation sites is 2. The molecule has 1 aliphatic heterocycles. The molecule has 2 aromatic rings. The molecule has 0 aliphatic carbocycles. The molecule has 0 spiro atoms. The van der Waals surface area contributed by atoms with Crippen molar-refractivity contribution in [2.75, 3.05) is 30.3 Å². The Morgan fingerprint density at radius 3 is 2.60 bits per heavy atom. The minimum absolute atomic E-state index is 0.00299. The maximum atomic E-state index is 13.5. The first kappa shape index (κ1) is 21.8. The van der Waals surface area contributed by atoms with Crippen LogP contribution in [0.2, 0.25) is 0 Å². The van der Waals surface area contributed by atoms with E-state index in [4.69, 9.17) is 9.47 Å². The zero-order valence-corrected chi connectivity index (χ0v) is 17.1. The van der Waals surface area contributed by atoms with Crippen LogP contribution in [0.1, 0.15) is 12.8 Å². The second kappa shape index (κ2) is 9.29. The summed E-state index contributed by atoms with van der Waals surface area (Å²) >= 11 is 0. The summed E-state index contributed by atoms with van der Waals surface area (Å²) in [5, 5.41) is 2.73. The van der Waals surface area contributed by atoms with Crippen molar-refractivity contribution in [1.29, 1.82) is 0 Å². The van der Waals surface area contributed by atoms with Crippen LogP contribution >= 0.6 is 0 Å². The number of carbonyl (C=O) groups is 1. The zero-order valence-electron chi connectivity index (χ0n) is 16.3. The largest absolute Gasteiger partial charge is 0.486 e. The number of hydrogen-bond donors (Lipinski definition) is 1. The lowest BCUT2D eigenvalue weighted by atomic mass is 10.2. The van der Waals surface area contributed by atoms with Gasteiger partial charge in [0.25, 0.3) is 0 Å². The van der Waals surface area contributed by atoms with Gasteiger partial charge in [0.05, 0.1) is 18.5 Å². The molecule has 0 bridgehead atoms. The molecule has 2 aromatic carbocycles. The Balaban J connectivity index is 1.48. The summed E-state index contributed by atoms with van der Waals surface area (Å²) in [6, 6.07) is 10.1. The highest BCUT2D eigenvalue weighted by molar-refractivity contribution is 7.92. The molecule has 0 radical (unpaired) electrons. The van der Waals surface area contributed by atoms with Gasteiger partial charge in [0.1, 0.15) is 12.7 Å². The van der Waals surface area contributed by atoms with Gasteiger partial charge in [-0.2, -0.15) is 0 Å². The van der Waals surface area contributed by atoms with Crippen molar-refractivity contribution in [3.8, 4) is 11.5 Å². The summed E-state index contributed by atoms with van der Waals surface area (Å²) in [4.78, 5) is 12.1. The lowest BCUT2D eigenvalue weighted by molar-refractivity contribution is -0.121. The first-order chi connectivity index (χ1) is 14.2. The average molecular weight is 440 g/mol. The van der Waals surface area contributed by atoms with Gasteiger partial charge in [0.2, 0.25) is 15.9 Å². The Hall–Kier alpha value is -2.88. The lowest BCUT2D eigenvalue weighted by Gasteiger charge is -2.26. The van der Waals surface area contributed by atoms with Crippen LogP contribution in [0.4, 0.5) is 14.5 Å². The molecule has 1 amide bonds. The van der Waals surface area contributed by atoms with Crippen molar-refractivity contribution in [3.05, 3.63) is 54.1 Å². The molecule has 0 saturated carbocycles. The standard InChI is InChI=1S/C20H22F2N2O5S/c1-30(26,27)24(14-8-9-16(21)17(22)11-14)10-4-7-20(25)23-12-15-13-28-18-5-2-3-6-19(18)29-15/h2-3,5-6,8-9,11,15H,4,7,10,12-13H2,1H3,(H,23,25)/t15-/m1/s1. The number of carbonyl (C=O) groups excluding carboxylic acids is 1. The van der Waals surface area contributed by atoms with Crippen LogP contribution in [0.25, 0.3) is 0 Å². The minimum Gasteiger partial charge on any atom is -0.486 e. The van der Waals surface area contributed by atoms with Gasteiger partial charge in [-0.15, -0.1) is 0 Å². The molecular weight excluding hydrogens is 418 g/mol. The summed E-state index contributed by atoms with van der Waals surface area (Å²) in [5.74, 6) is -1.23. The summed E-state index contributed by atoms with van der Waals surface area (Å²) in [6.45, 7) is 0.495. The van der Waals surface area contributed by atoms with E-state index in [1.807, 2.05) is 12.1 Å². The molecule has 0 aromatic heterocycles. The number of halogens is 2. The second-order valence-corrected chi connectivity index (χ2v) is 8.75. The number of benzene rings is 2. The average Bonchev–Trinajstić information content (AvgIpc) is 2.71. The predicted molar refractivity (Wildman–Crippen MR) is 107 cm³/mol. The van der Waals surface area contributed by atoms with Gasteiger partial charge in [0.15, 0.2) is 23.1 Å². The Bertz CT molecular complexity index is 1020. The predicted octanol–water partition coefficient (Wildman–Crippen LogP) is 2.47. The molecule has 7 nitrogen and oxygen atoms in total. The number of fused-ring (bicyclic) bond motifs is 1. The molecule has 10 heteroatoms. The lowest BCUT2D eigenvalue weighted by Crippen LogP contribution is -2.41. The van der Waals surface area contributed by atoms with E-state index in [1.54, 1.807) is 12.1 Å². The van der Waals surface area contributed by atoms with Gasteiger partial charge in [-0.25, -0.2) is 17.2 Å². The van der Waals surface area contributed by atoms with Gasteiger partial charge in [-0.3, -0.25) is 9.10 Å². The van der Waals surface area contributed by atoms with E-state index in [2.05, 4.69) is 5.32 Å². The Kier molecular flexibility index (Phi) is 6.76. The fraction of sp³-hybridized carbons (Fsp3) is 0.350. The molecule has 162 valence electrons. The van der Waals surface area contributed by atoms with Crippen LogP contribution in [0, 0.1) is 11.6 Å². The van der Waals surface area contributed by atoms with E-state index in [1.165, 1.54) is 6.07 Å². The van der Waals surface area contributed by atoms with E-state index >= 15 is 0 Å². The molecule has 1 atom stereocenters. The molecule has 1 N–H and O–H groups in total. The number of ether oxygens (including phenoxy) is 2. The van der Waals surface area contributed by atoms with Crippen LogP contribution in [0.15, 0.2) is 42.5 Å². The summed E-state index contributed by atoms with van der Waals surface area (Å²) < 4.78 is 62.9. The van der Waals surface area contributed by atoms with E-state index in [0.29, 0.717) is 18.1 Å². The highest BCUT2D eigenvalue weighted by atomic mass is 32.2. The van der Waals surface area contributed by atoms with Gasteiger partial charge in [-0.1, -0.05) is 12.1 Å². The van der Waals surface area contributed by atoms with E-state index < -0.39 is 21.7 Å². The molecule has 1 heterocycles. The maximum Gasteiger partial charge on any atom is 0.232 e. The molecule has 30 heavy (non-hydrogen) atoms. The fourth-order valence-electron chi connectivity index (χ4n) is 2.99. The van der Waals surface area contributed by atoms with Crippen LogP contribution < -0.4 is 19.1 Å². The fourth-order valence-corrected chi connectivity index (χ4v) is 3.95. The number of amides is 1. The first-order valence-electron chi connectivity index (χ1n) is 9.32. The third-order valence-electron chi connectivity index (χ3n) is 4.45. The van der Waals surface area contributed by atoms with Crippen molar-refractivity contribution in [3.63, 3.8) is 0 Å². The quantitative estimate of drug-likeness (QED) is 0.682. The van der Waals surface area contributed by atoms with Gasteiger partial charge in [-0.05, 0) is 30.7 Å². The van der Waals surface area contributed by atoms with Crippen molar-refractivity contribution in [2.24, 2.45) is 0 Å². The van der Waals surface area contributed by atoms with Crippen LogP contribution in [0.5, 0.6) is 11.5 Å². The maximum absolute atomic E-state index is 13.5. The van der Waals surface area contributed by atoms with Crippen LogP contribution in [-0.4, -0.2) is 46.4 Å². The number of anilines is 1. The number of nitrogens with zero attached hydrogens (tertiary/aromatic N) is 1. The van der Waals surface area contributed by atoms with Gasteiger partial charge < -0.3 is 14.8 Å². The molecule has 1 aliphatic rings. The highest BCUT2D eigenvalue weighted by Crippen LogP contribution is 2.30. The first-order valence-corrected chi connectivity index (χ1v) is 11.2. The minimum atomic E-state index is -3.73. The second-order valence-electron chi connectivity index (χ2n) is 6.84. The number of rotatable bonds is 8. The summed E-state index contributed by atoms with van der Waals surface area (Å²) in [6.07, 6.45) is 0.883. The summed E-state index contributed by atoms with van der Waals surface area (Å²) in [7, 11) is -3.73. The SMILES string of the molecule is CS(=O)(=O)N(CCCC(=O)NC[C@@H]1COc2ccccc2O1)c1ccc(F)c(F)c1. The van der Waals surface area contributed by atoms with Crippen molar-refractivity contribution >= 4 is 21.6 Å². The summed E-state index contributed by atoms with van der Waals surface area (Å²) in [5.41, 5.74) is 0.00299. The monoisotopic (exact) mass is 440 g/mol. The molecule has 0 unspecified atom stereocenters. The number of nitrogens with one attached hydrogen (secondary N) is 1. The molecule has 0 saturated heterocycles. The third-order valence-corrected chi connectivity index (χ3v) is 5.65. The molecule has 0 fully saturated rings. The highest BCUT2D eigenvalue weighted by Gasteiger charge is 2.22. The van der Waals surface area contributed by atoms with Gasteiger partial charge in [0, 0.05) is 19.0 Å². The van der Waals surface area contributed by atoms with Crippen molar-refractivity contribution < 1.29 is 31.5 Å². The van der Waals surface area contributed by atoms with Crippen LogP contribution in [0.3, 0.4) is 0 Å². The Morgan fingerprint density at radius 1 is 1.17 bits per heavy atom.